The molecule has 2 aliphatic heterocycles. The summed E-state index contributed by atoms with van der Waals surface area (Å²) >= 11 is 0. The van der Waals surface area contributed by atoms with Gasteiger partial charge in [0.05, 0.1) is 5.60 Å². The third-order valence-electron chi connectivity index (χ3n) is 6.65. The molecule has 1 N–H and O–H groups in total. The second-order valence-electron chi connectivity index (χ2n) is 10.1. The average molecular weight is 470 g/mol. The van der Waals surface area contributed by atoms with Crippen LogP contribution in [0.2, 0.25) is 0 Å². The lowest BCUT2D eigenvalue weighted by Gasteiger charge is -2.35. The Kier molecular flexibility index (Phi) is 7.86. The van der Waals surface area contributed by atoms with Crippen molar-refractivity contribution in [2.24, 2.45) is 0 Å². The summed E-state index contributed by atoms with van der Waals surface area (Å²) in [5.74, 6) is 0.350. The van der Waals surface area contributed by atoms with E-state index in [-0.39, 0.29) is 30.0 Å². The fraction of sp³-hybridized carbons (Fsp3) is 0.519. The minimum Gasteiger partial charge on any atom is -0.483 e. The van der Waals surface area contributed by atoms with Crippen LogP contribution in [-0.4, -0.2) is 73.8 Å². The van der Waals surface area contributed by atoms with Crippen molar-refractivity contribution in [1.29, 1.82) is 0 Å². The molecule has 2 aromatic rings. The van der Waals surface area contributed by atoms with Gasteiger partial charge in [0.2, 0.25) is 0 Å². The van der Waals surface area contributed by atoms with Gasteiger partial charge in [-0.25, -0.2) is 4.39 Å². The highest BCUT2D eigenvalue weighted by Crippen LogP contribution is 2.29. The van der Waals surface area contributed by atoms with E-state index in [4.69, 9.17) is 9.47 Å². The van der Waals surface area contributed by atoms with Gasteiger partial charge in [-0.1, -0.05) is 18.2 Å². The Hall–Kier alpha value is -2.48. The maximum Gasteiger partial charge on any atom is 0.258 e. The smallest absolute Gasteiger partial charge is 0.258 e. The Morgan fingerprint density at radius 1 is 1.12 bits per heavy atom. The van der Waals surface area contributed by atoms with E-state index in [9.17, 15) is 9.18 Å². The van der Waals surface area contributed by atoms with Gasteiger partial charge >= 0.3 is 0 Å². The summed E-state index contributed by atoms with van der Waals surface area (Å²) in [6, 6.07) is 12.6. The van der Waals surface area contributed by atoms with Gasteiger partial charge in [0.25, 0.3) is 5.91 Å². The van der Waals surface area contributed by atoms with E-state index in [2.05, 4.69) is 42.1 Å². The molecular weight excluding hydrogens is 433 g/mol. The molecule has 2 heterocycles. The lowest BCUT2D eigenvalue weighted by Crippen LogP contribution is -2.47. The van der Waals surface area contributed by atoms with Crippen molar-refractivity contribution in [2.75, 3.05) is 46.4 Å². The number of rotatable bonds is 7. The molecule has 0 unspecified atom stereocenters. The van der Waals surface area contributed by atoms with E-state index in [1.807, 2.05) is 12.1 Å². The average Bonchev–Trinajstić information content (AvgIpc) is 2.79. The van der Waals surface area contributed by atoms with Gasteiger partial charge in [-0.2, -0.15) is 0 Å². The first kappa shape index (κ1) is 24.6. The lowest BCUT2D eigenvalue weighted by atomic mass is 9.94. The van der Waals surface area contributed by atoms with Crippen LogP contribution in [0.3, 0.4) is 0 Å². The first-order valence-electron chi connectivity index (χ1n) is 12.1. The Labute approximate surface area is 202 Å². The molecule has 184 valence electrons. The van der Waals surface area contributed by atoms with Gasteiger partial charge in [0.1, 0.15) is 11.6 Å². The maximum absolute atomic E-state index is 13.4. The van der Waals surface area contributed by atoms with Crippen molar-refractivity contribution >= 4 is 5.91 Å². The minimum atomic E-state index is -0.250. The fourth-order valence-corrected chi connectivity index (χ4v) is 4.68. The zero-order valence-corrected chi connectivity index (χ0v) is 20.5. The molecule has 2 aromatic carbocycles. The van der Waals surface area contributed by atoms with Gasteiger partial charge in [-0.3, -0.25) is 9.69 Å². The molecule has 6 nitrogen and oxygen atoms in total. The van der Waals surface area contributed by atoms with E-state index in [0.29, 0.717) is 12.4 Å². The first-order valence-corrected chi connectivity index (χ1v) is 12.1. The Morgan fingerprint density at radius 3 is 2.53 bits per heavy atom. The summed E-state index contributed by atoms with van der Waals surface area (Å²) in [5, 5.41) is 3.10. The topological polar surface area (TPSA) is 54.0 Å². The van der Waals surface area contributed by atoms with Crippen molar-refractivity contribution in [2.45, 2.75) is 44.9 Å². The molecule has 34 heavy (non-hydrogen) atoms. The standard InChI is InChI=1S/C27H36FN3O3/c1-27(2)17-24(10-15-34-27)29-26(32)19-33-25-9-6-21(20-4-7-23(28)8-5-20)16-22(25)18-31-13-11-30(3)12-14-31/h4-9,16,24H,10-15,17-19H2,1-3H3,(H,29,32)/t24-/m1/s1. The molecule has 0 bridgehead atoms. The van der Waals surface area contributed by atoms with Crippen LogP contribution >= 0.6 is 0 Å². The highest BCUT2D eigenvalue weighted by Gasteiger charge is 2.29. The summed E-state index contributed by atoms with van der Waals surface area (Å²) in [5.41, 5.74) is 2.77. The summed E-state index contributed by atoms with van der Waals surface area (Å²) in [6.45, 7) is 9.49. The summed E-state index contributed by atoms with van der Waals surface area (Å²) in [7, 11) is 2.14. The Balaban J connectivity index is 1.45. The van der Waals surface area contributed by atoms with Crippen LogP contribution in [0.4, 0.5) is 4.39 Å². The van der Waals surface area contributed by atoms with Crippen molar-refractivity contribution < 1.29 is 18.7 Å². The molecule has 1 atom stereocenters. The van der Waals surface area contributed by atoms with Crippen LogP contribution in [0.5, 0.6) is 5.75 Å². The molecule has 1 amide bonds. The molecular formula is C27H36FN3O3. The molecule has 0 saturated carbocycles. The highest BCUT2D eigenvalue weighted by atomic mass is 19.1. The number of carbonyl (C=O) groups excluding carboxylic acids is 1. The van der Waals surface area contributed by atoms with E-state index in [1.165, 1.54) is 12.1 Å². The van der Waals surface area contributed by atoms with Gasteiger partial charge in [-0.05, 0) is 69.1 Å². The van der Waals surface area contributed by atoms with Gasteiger partial charge in [0.15, 0.2) is 6.61 Å². The predicted molar refractivity (Wildman–Crippen MR) is 131 cm³/mol. The third kappa shape index (κ3) is 6.78. The molecule has 0 radical (unpaired) electrons. The van der Waals surface area contributed by atoms with Crippen LogP contribution in [0, 0.1) is 5.82 Å². The molecule has 4 rings (SSSR count). The van der Waals surface area contributed by atoms with E-state index in [1.54, 1.807) is 12.1 Å². The third-order valence-corrected chi connectivity index (χ3v) is 6.65. The highest BCUT2D eigenvalue weighted by molar-refractivity contribution is 5.78. The number of ether oxygens (including phenoxy) is 2. The first-order chi connectivity index (χ1) is 16.3. The van der Waals surface area contributed by atoms with Crippen LogP contribution in [0.1, 0.15) is 32.3 Å². The number of nitrogens with zero attached hydrogens (tertiary/aromatic N) is 2. The number of benzene rings is 2. The summed E-state index contributed by atoms with van der Waals surface area (Å²) < 4.78 is 25.2. The van der Waals surface area contributed by atoms with Crippen molar-refractivity contribution in [3.8, 4) is 16.9 Å². The number of nitrogens with one attached hydrogen (secondary N) is 1. The molecule has 2 aliphatic rings. The van der Waals surface area contributed by atoms with Gasteiger partial charge in [-0.15, -0.1) is 0 Å². The number of hydrogen-bond donors (Lipinski definition) is 1. The summed E-state index contributed by atoms with van der Waals surface area (Å²) in [4.78, 5) is 17.4. The maximum atomic E-state index is 13.4. The van der Waals surface area contributed by atoms with Crippen LogP contribution in [0.25, 0.3) is 11.1 Å². The van der Waals surface area contributed by atoms with Crippen molar-refractivity contribution in [3.05, 3.63) is 53.8 Å². The largest absolute Gasteiger partial charge is 0.483 e. The molecule has 2 fully saturated rings. The molecule has 0 aromatic heterocycles. The Bertz CT molecular complexity index is 972. The zero-order chi connectivity index (χ0) is 24.1. The number of likely N-dealkylation sites (N-methyl/N-ethyl adjacent to an activating group) is 1. The number of halogens is 1. The molecule has 0 aliphatic carbocycles. The number of hydrogen-bond acceptors (Lipinski definition) is 5. The van der Waals surface area contributed by atoms with Gasteiger partial charge in [0, 0.05) is 50.9 Å². The zero-order valence-electron chi connectivity index (χ0n) is 20.5. The quantitative estimate of drug-likeness (QED) is 0.670. The number of amides is 1. The molecule has 7 heteroatoms. The molecule has 2 saturated heterocycles. The van der Waals surface area contributed by atoms with Crippen molar-refractivity contribution in [1.82, 2.24) is 15.1 Å². The van der Waals surface area contributed by atoms with E-state index in [0.717, 1.165) is 62.3 Å². The summed E-state index contributed by atoms with van der Waals surface area (Å²) in [6.07, 6.45) is 1.61. The van der Waals surface area contributed by atoms with Crippen LogP contribution < -0.4 is 10.1 Å². The van der Waals surface area contributed by atoms with Crippen LogP contribution in [-0.2, 0) is 16.1 Å². The normalized spacial score (nSPS) is 21.2. The monoisotopic (exact) mass is 469 g/mol. The van der Waals surface area contributed by atoms with E-state index >= 15 is 0 Å². The fourth-order valence-electron chi connectivity index (χ4n) is 4.68. The number of piperazine rings is 1. The number of carbonyl (C=O) groups is 1. The Morgan fingerprint density at radius 2 is 1.82 bits per heavy atom. The minimum absolute atomic E-state index is 0.0244. The van der Waals surface area contributed by atoms with Crippen LogP contribution in [0.15, 0.2) is 42.5 Å². The second-order valence-corrected chi connectivity index (χ2v) is 10.1. The second kappa shape index (κ2) is 10.8. The lowest BCUT2D eigenvalue weighted by molar-refractivity contribution is -0.126. The molecule has 0 spiro atoms. The van der Waals surface area contributed by atoms with E-state index < -0.39 is 0 Å². The predicted octanol–water partition coefficient (Wildman–Crippen LogP) is 3.69. The van der Waals surface area contributed by atoms with Gasteiger partial charge < -0.3 is 19.7 Å². The SMILES string of the molecule is CN1CCN(Cc2cc(-c3ccc(F)cc3)ccc2OCC(=O)N[C@@H]2CCOC(C)(C)C2)CC1. The van der Waals surface area contributed by atoms with Crippen molar-refractivity contribution in [3.63, 3.8) is 0 Å².